The van der Waals surface area contributed by atoms with Gasteiger partial charge in [-0.15, -0.1) is 10.2 Å². The number of rotatable bonds is 7. The molecule has 0 spiro atoms. The van der Waals surface area contributed by atoms with Gasteiger partial charge in [0, 0.05) is 45.0 Å². The Bertz CT molecular complexity index is 789. The van der Waals surface area contributed by atoms with Crippen LogP contribution >= 0.6 is 11.8 Å². The average molecular weight is 421 g/mol. The van der Waals surface area contributed by atoms with Gasteiger partial charge in [0.2, 0.25) is 5.95 Å². The quantitative estimate of drug-likeness (QED) is 0.501. The van der Waals surface area contributed by atoms with Gasteiger partial charge in [-0.3, -0.25) is 4.57 Å². The van der Waals surface area contributed by atoms with Gasteiger partial charge in [-0.25, -0.2) is 4.39 Å². The molecule has 9 heteroatoms. The van der Waals surface area contributed by atoms with E-state index < -0.39 is 0 Å². The Morgan fingerprint density at radius 2 is 1.86 bits per heavy atom. The molecule has 3 heterocycles. The molecule has 1 aromatic carbocycles. The van der Waals surface area contributed by atoms with Crippen LogP contribution in [0.5, 0.6) is 0 Å². The van der Waals surface area contributed by atoms with Gasteiger partial charge < -0.3 is 19.4 Å². The van der Waals surface area contributed by atoms with Crippen molar-refractivity contribution in [3.8, 4) is 5.69 Å². The number of anilines is 1. The predicted octanol–water partition coefficient (Wildman–Crippen LogP) is 1.97. The number of halogens is 1. The molecule has 0 N–H and O–H groups in total. The van der Waals surface area contributed by atoms with Crippen LogP contribution in [0.2, 0.25) is 0 Å². The molecule has 2 aliphatic rings. The third kappa shape index (κ3) is 5.28. The highest BCUT2D eigenvalue weighted by molar-refractivity contribution is 7.99. The maximum absolute atomic E-state index is 13.9. The van der Waals surface area contributed by atoms with E-state index in [1.165, 1.54) is 6.07 Å². The highest BCUT2D eigenvalue weighted by Crippen LogP contribution is 2.28. The molecule has 158 valence electrons. The fraction of sp³-hybridized carbons (Fsp3) is 0.600. The first-order valence-electron chi connectivity index (χ1n) is 10.3. The first-order valence-corrected chi connectivity index (χ1v) is 11.3. The van der Waals surface area contributed by atoms with Crippen molar-refractivity contribution in [1.29, 1.82) is 0 Å². The van der Waals surface area contributed by atoms with E-state index in [2.05, 4.69) is 31.9 Å². The monoisotopic (exact) mass is 420 g/mol. The summed E-state index contributed by atoms with van der Waals surface area (Å²) in [5, 5.41) is 9.70. The molecule has 2 aliphatic heterocycles. The minimum Gasteiger partial charge on any atom is -0.378 e. The Balaban J connectivity index is 1.44. The van der Waals surface area contributed by atoms with Crippen LogP contribution in [0.25, 0.3) is 5.69 Å². The smallest absolute Gasteiger partial charge is 0.232 e. The number of likely N-dealkylation sites (N-methyl/N-ethyl adjacent to an activating group) is 1. The molecule has 0 bridgehead atoms. The van der Waals surface area contributed by atoms with Gasteiger partial charge in [0.25, 0.3) is 0 Å². The topological polar surface area (TPSA) is 49.7 Å². The SMILES string of the molecule is CN1CCN(CCCSc2nnc(N3CCOCC3)n2-c2cccc(F)c2)CC1. The number of benzene rings is 1. The molecule has 0 saturated carbocycles. The summed E-state index contributed by atoms with van der Waals surface area (Å²) in [5.41, 5.74) is 0.762. The van der Waals surface area contributed by atoms with Crippen molar-refractivity contribution in [1.82, 2.24) is 24.6 Å². The van der Waals surface area contributed by atoms with Crippen molar-refractivity contribution in [2.24, 2.45) is 0 Å². The second-order valence-corrected chi connectivity index (χ2v) is 8.61. The van der Waals surface area contributed by atoms with E-state index in [0.29, 0.717) is 13.2 Å². The number of ether oxygens (including phenoxy) is 1. The minimum absolute atomic E-state index is 0.254. The van der Waals surface area contributed by atoms with Crippen LogP contribution in [-0.4, -0.2) is 96.4 Å². The largest absolute Gasteiger partial charge is 0.378 e. The zero-order valence-electron chi connectivity index (χ0n) is 17.0. The maximum Gasteiger partial charge on any atom is 0.232 e. The van der Waals surface area contributed by atoms with Crippen molar-refractivity contribution in [3.05, 3.63) is 30.1 Å². The molecule has 7 nitrogen and oxygen atoms in total. The summed E-state index contributed by atoms with van der Waals surface area (Å²) < 4.78 is 21.3. The highest BCUT2D eigenvalue weighted by atomic mass is 32.2. The Morgan fingerprint density at radius 3 is 2.62 bits per heavy atom. The average Bonchev–Trinajstić information content (AvgIpc) is 3.17. The summed E-state index contributed by atoms with van der Waals surface area (Å²) in [6.07, 6.45) is 1.09. The van der Waals surface area contributed by atoms with Crippen LogP contribution < -0.4 is 4.90 Å². The molecule has 2 fully saturated rings. The van der Waals surface area contributed by atoms with E-state index in [9.17, 15) is 4.39 Å². The number of hydrogen-bond donors (Lipinski definition) is 0. The molecule has 0 amide bonds. The third-order valence-corrected chi connectivity index (χ3v) is 6.44. The number of aromatic nitrogens is 3. The molecule has 2 aromatic rings. The third-order valence-electron chi connectivity index (χ3n) is 5.42. The summed E-state index contributed by atoms with van der Waals surface area (Å²) >= 11 is 1.69. The molecular weight excluding hydrogens is 391 g/mol. The van der Waals surface area contributed by atoms with Crippen LogP contribution in [0.3, 0.4) is 0 Å². The Kier molecular flexibility index (Phi) is 7.02. The van der Waals surface area contributed by atoms with Crippen molar-refractivity contribution < 1.29 is 9.13 Å². The van der Waals surface area contributed by atoms with Crippen LogP contribution in [0.4, 0.5) is 10.3 Å². The lowest BCUT2D eigenvalue weighted by Crippen LogP contribution is -2.44. The van der Waals surface area contributed by atoms with Gasteiger partial charge in [0.1, 0.15) is 5.82 Å². The van der Waals surface area contributed by atoms with Gasteiger partial charge in [-0.2, -0.15) is 0 Å². The molecule has 0 aliphatic carbocycles. The number of morpholine rings is 1. The van der Waals surface area contributed by atoms with Gasteiger partial charge in [0.05, 0.1) is 18.9 Å². The Labute approximate surface area is 175 Å². The highest BCUT2D eigenvalue weighted by Gasteiger charge is 2.22. The second kappa shape index (κ2) is 9.88. The van der Waals surface area contributed by atoms with Crippen LogP contribution in [0.15, 0.2) is 29.4 Å². The van der Waals surface area contributed by atoms with Crippen molar-refractivity contribution in [2.75, 3.05) is 76.7 Å². The first-order chi connectivity index (χ1) is 14.2. The second-order valence-electron chi connectivity index (χ2n) is 7.54. The molecular formula is C20H29FN6OS. The molecule has 0 radical (unpaired) electrons. The Morgan fingerprint density at radius 1 is 1.07 bits per heavy atom. The van der Waals surface area contributed by atoms with Crippen LogP contribution in [-0.2, 0) is 4.74 Å². The van der Waals surface area contributed by atoms with Crippen LogP contribution in [0.1, 0.15) is 6.42 Å². The molecule has 2 saturated heterocycles. The Hall–Kier alpha value is -1.68. The van der Waals surface area contributed by atoms with Crippen molar-refractivity contribution >= 4 is 17.7 Å². The standard InChI is InChI=1S/C20H29FN6OS/c1-24-7-9-25(10-8-24)6-3-15-29-20-23-22-19(26-11-13-28-14-12-26)27(20)18-5-2-4-17(21)16-18/h2,4-5,16H,3,6-15H2,1H3. The normalized spacial score (nSPS) is 19.0. The van der Waals surface area contributed by atoms with E-state index in [0.717, 1.165) is 74.8 Å². The van der Waals surface area contributed by atoms with E-state index >= 15 is 0 Å². The summed E-state index contributed by atoms with van der Waals surface area (Å²) in [6.45, 7) is 8.54. The summed E-state index contributed by atoms with van der Waals surface area (Å²) in [7, 11) is 2.18. The molecule has 1 aromatic heterocycles. The van der Waals surface area contributed by atoms with E-state index in [1.54, 1.807) is 23.9 Å². The lowest BCUT2D eigenvalue weighted by molar-refractivity contribution is 0.122. The fourth-order valence-corrected chi connectivity index (χ4v) is 4.56. The molecule has 0 atom stereocenters. The number of thioether (sulfide) groups is 1. The lowest BCUT2D eigenvalue weighted by atomic mass is 10.3. The lowest BCUT2D eigenvalue weighted by Gasteiger charge is -2.32. The molecule has 0 unspecified atom stereocenters. The predicted molar refractivity (Wildman–Crippen MR) is 114 cm³/mol. The zero-order chi connectivity index (χ0) is 20.1. The molecule has 4 rings (SSSR count). The maximum atomic E-state index is 13.9. The number of nitrogens with zero attached hydrogens (tertiary/aromatic N) is 6. The van der Waals surface area contributed by atoms with Gasteiger partial charge in [-0.1, -0.05) is 17.8 Å². The van der Waals surface area contributed by atoms with Crippen LogP contribution in [0, 0.1) is 5.82 Å². The minimum atomic E-state index is -0.254. The van der Waals surface area contributed by atoms with E-state index in [1.807, 2.05) is 10.6 Å². The van der Waals surface area contributed by atoms with Crippen molar-refractivity contribution in [3.63, 3.8) is 0 Å². The summed E-state index contributed by atoms with van der Waals surface area (Å²) in [6, 6.07) is 6.65. The molecule has 29 heavy (non-hydrogen) atoms. The van der Waals surface area contributed by atoms with Gasteiger partial charge in [0.15, 0.2) is 5.16 Å². The summed E-state index contributed by atoms with van der Waals surface area (Å²) in [5.74, 6) is 1.47. The zero-order valence-corrected chi connectivity index (χ0v) is 17.8. The van der Waals surface area contributed by atoms with E-state index in [4.69, 9.17) is 4.74 Å². The van der Waals surface area contributed by atoms with Gasteiger partial charge in [-0.05, 0) is 38.2 Å². The first kappa shape index (κ1) is 20.6. The van der Waals surface area contributed by atoms with Crippen molar-refractivity contribution in [2.45, 2.75) is 11.6 Å². The van der Waals surface area contributed by atoms with Gasteiger partial charge >= 0.3 is 0 Å². The summed E-state index contributed by atoms with van der Waals surface area (Å²) in [4.78, 5) is 7.06. The number of piperazine rings is 1. The fourth-order valence-electron chi connectivity index (χ4n) is 3.69. The number of hydrogen-bond acceptors (Lipinski definition) is 7. The van der Waals surface area contributed by atoms with E-state index in [-0.39, 0.29) is 5.82 Å².